The van der Waals surface area contributed by atoms with Crippen LogP contribution in [0.15, 0.2) is 48.6 Å². The van der Waals surface area contributed by atoms with Crippen molar-refractivity contribution in [1.82, 2.24) is 0 Å². The van der Waals surface area contributed by atoms with E-state index >= 15 is 0 Å². The number of anilines is 1. The summed E-state index contributed by atoms with van der Waals surface area (Å²) in [5.74, 6) is 0.213. The highest BCUT2D eigenvalue weighted by molar-refractivity contribution is 6.30. The smallest absolute Gasteiger partial charge is 0.273 e. The Hall–Kier alpha value is -2.53. The van der Waals surface area contributed by atoms with Gasteiger partial charge in [-0.15, -0.1) is 0 Å². The maximum atomic E-state index is 11.1. The highest BCUT2D eigenvalue weighted by Crippen LogP contribution is 2.53. The SMILES string of the molecule is O=[N+]([O-])c1cc(O)c2c(c1)C1C=CCC1C(c1ccc(Cl)cc1)N2. The number of nitrogens with one attached hydrogen (secondary N) is 1. The van der Waals surface area contributed by atoms with Crippen LogP contribution >= 0.6 is 11.6 Å². The predicted octanol–water partition coefficient (Wildman–Crippen LogP) is 4.78. The molecule has 6 heteroatoms. The van der Waals surface area contributed by atoms with Crippen LogP contribution in [0.4, 0.5) is 11.4 Å². The van der Waals surface area contributed by atoms with E-state index in [1.165, 1.54) is 6.07 Å². The van der Waals surface area contributed by atoms with Crippen LogP contribution in [0.5, 0.6) is 5.75 Å². The predicted molar refractivity (Wildman–Crippen MR) is 92.6 cm³/mol. The lowest BCUT2D eigenvalue weighted by molar-refractivity contribution is -0.385. The van der Waals surface area contributed by atoms with E-state index in [2.05, 4.69) is 17.5 Å². The number of halogens is 1. The summed E-state index contributed by atoms with van der Waals surface area (Å²) in [6.45, 7) is 0. The molecule has 0 fully saturated rings. The van der Waals surface area contributed by atoms with Gasteiger partial charge in [-0.1, -0.05) is 35.9 Å². The minimum Gasteiger partial charge on any atom is -0.506 e. The summed E-state index contributed by atoms with van der Waals surface area (Å²) in [6.07, 6.45) is 5.06. The number of allylic oxidation sites excluding steroid dienone is 2. The summed E-state index contributed by atoms with van der Waals surface area (Å²) in [7, 11) is 0. The first-order chi connectivity index (χ1) is 11.5. The van der Waals surface area contributed by atoms with E-state index in [-0.39, 0.29) is 29.3 Å². The van der Waals surface area contributed by atoms with Gasteiger partial charge in [0.05, 0.1) is 22.7 Å². The molecule has 24 heavy (non-hydrogen) atoms. The Morgan fingerprint density at radius 2 is 2.00 bits per heavy atom. The van der Waals surface area contributed by atoms with Gasteiger partial charge in [-0.2, -0.15) is 0 Å². The molecule has 0 radical (unpaired) electrons. The molecule has 1 aliphatic heterocycles. The number of phenolic OH excluding ortho intramolecular Hbond substituents is 1. The lowest BCUT2D eigenvalue weighted by Crippen LogP contribution is -2.29. The quantitative estimate of drug-likeness (QED) is 0.356. The summed E-state index contributed by atoms with van der Waals surface area (Å²) in [4.78, 5) is 10.6. The molecular formula is C18H15ClN2O3. The number of aromatic hydroxyl groups is 1. The van der Waals surface area contributed by atoms with Gasteiger partial charge in [-0.05, 0) is 35.6 Å². The molecule has 2 aromatic rings. The number of nitro groups is 1. The van der Waals surface area contributed by atoms with Crippen molar-refractivity contribution in [2.75, 3.05) is 5.32 Å². The van der Waals surface area contributed by atoms with Gasteiger partial charge in [0.15, 0.2) is 0 Å². The zero-order valence-corrected chi connectivity index (χ0v) is 13.4. The van der Waals surface area contributed by atoms with Crippen molar-refractivity contribution in [3.8, 4) is 5.75 Å². The molecule has 0 saturated heterocycles. The molecule has 3 atom stereocenters. The Morgan fingerprint density at radius 1 is 1.25 bits per heavy atom. The minimum atomic E-state index is -0.473. The third kappa shape index (κ3) is 2.32. The van der Waals surface area contributed by atoms with Crippen LogP contribution in [0, 0.1) is 16.0 Å². The zero-order valence-electron chi connectivity index (χ0n) is 12.6. The molecule has 0 aromatic heterocycles. The van der Waals surface area contributed by atoms with Gasteiger partial charge >= 0.3 is 0 Å². The molecule has 2 aliphatic rings. The van der Waals surface area contributed by atoms with E-state index < -0.39 is 4.92 Å². The average molecular weight is 343 g/mol. The Kier molecular flexibility index (Phi) is 3.46. The maximum absolute atomic E-state index is 11.1. The van der Waals surface area contributed by atoms with Crippen molar-refractivity contribution >= 4 is 23.0 Å². The van der Waals surface area contributed by atoms with Crippen molar-refractivity contribution in [3.05, 3.63) is 74.8 Å². The molecule has 1 heterocycles. The van der Waals surface area contributed by atoms with E-state index in [0.29, 0.717) is 10.7 Å². The van der Waals surface area contributed by atoms with Crippen LogP contribution in [0.25, 0.3) is 0 Å². The molecule has 2 N–H and O–H groups in total. The third-order valence-electron chi connectivity index (χ3n) is 4.87. The van der Waals surface area contributed by atoms with E-state index in [9.17, 15) is 15.2 Å². The Bertz CT molecular complexity index is 848. The van der Waals surface area contributed by atoms with Crippen LogP contribution < -0.4 is 5.32 Å². The van der Waals surface area contributed by atoms with Gasteiger partial charge in [0, 0.05) is 17.0 Å². The van der Waals surface area contributed by atoms with E-state index in [4.69, 9.17) is 11.6 Å². The van der Waals surface area contributed by atoms with Gasteiger partial charge in [-0.3, -0.25) is 10.1 Å². The fourth-order valence-corrected chi connectivity index (χ4v) is 3.90. The van der Waals surface area contributed by atoms with Gasteiger partial charge in [0.25, 0.3) is 5.69 Å². The monoisotopic (exact) mass is 342 g/mol. The van der Waals surface area contributed by atoms with Gasteiger partial charge in [0.2, 0.25) is 0 Å². The minimum absolute atomic E-state index is 0.0159. The van der Waals surface area contributed by atoms with Gasteiger partial charge < -0.3 is 10.4 Å². The van der Waals surface area contributed by atoms with Crippen LogP contribution in [0.1, 0.15) is 29.5 Å². The number of fused-ring (bicyclic) bond motifs is 3. The van der Waals surface area contributed by atoms with E-state index in [0.717, 1.165) is 17.5 Å². The second-order valence-corrected chi connectivity index (χ2v) is 6.65. The van der Waals surface area contributed by atoms with Crippen LogP contribution in [-0.2, 0) is 0 Å². The molecule has 0 spiro atoms. The standard InChI is InChI=1S/C18H15ClN2O3/c19-11-6-4-10(5-7-11)17-14-3-1-2-13(14)15-8-12(21(23)24)9-16(22)18(15)20-17/h1-2,4-9,13-14,17,20,22H,3H2. The summed E-state index contributed by atoms with van der Waals surface area (Å²) in [5, 5.41) is 25.5. The molecule has 0 amide bonds. The van der Waals surface area contributed by atoms with Crippen molar-refractivity contribution in [2.24, 2.45) is 5.92 Å². The number of hydrogen-bond acceptors (Lipinski definition) is 4. The van der Waals surface area contributed by atoms with Crippen molar-refractivity contribution in [1.29, 1.82) is 0 Å². The lowest BCUT2D eigenvalue weighted by atomic mass is 9.77. The Balaban J connectivity index is 1.82. The van der Waals surface area contributed by atoms with Gasteiger partial charge in [-0.25, -0.2) is 0 Å². The number of benzene rings is 2. The average Bonchev–Trinajstić information content (AvgIpc) is 3.05. The molecule has 4 rings (SSSR count). The van der Waals surface area contributed by atoms with Crippen molar-refractivity contribution in [2.45, 2.75) is 18.4 Å². The van der Waals surface area contributed by atoms with Crippen molar-refractivity contribution in [3.63, 3.8) is 0 Å². The summed E-state index contributed by atoms with van der Waals surface area (Å²) >= 11 is 5.98. The molecule has 122 valence electrons. The Labute approximate surface area is 143 Å². The number of phenols is 1. The molecular weight excluding hydrogens is 328 g/mol. The number of nitro benzene ring substituents is 1. The normalized spacial score (nSPS) is 24.1. The van der Waals surface area contributed by atoms with Crippen molar-refractivity contribution < 1.29 is 10.0 Å². The summed E-state index contributed by atoms with van der Waals surface area (Å²) in [5.41, 5.74) is 2.36. The van der Waals surface area contributed by atoms with Crippen LogP contribution in [-0.4, -0.2) is 10.0 Å². The third-order valence-corrected chi connectivity index (χ3v) is 5.12. The Morgan fingerprint density at radius 3 is 2.71 bits per heavy atom. The number of nitrogens with zero attached hydrogens (tertiary/aromatic N) is 1. The molecule has 2 aromatic carbocycles. The number of non-ortho nitro benzene ring substituents is 1. The number of hydrogen-bond donors (Lipinski definition) is 2. The largest absolute Gasteiger partial charge is 0.506 e. The first-order valence-corrected chi connectivity index (χ1v) is 8.12. The number of rotatable bonds is 2. The topological polar surface area (TPSA) is 75.4 Å². The molecule has 1 aliphatic carbocycles. The zero-order chi connectivity index (χ0) is 16.8. The second-order valence-electron chi connectivity index (χ2n) is 6.21. The second kappa shape index (κ2) is 5.53. The summed E-state index contributed by atoms with van der Waals surface area (Å²) < 4.78 is 0. The first kappa shape index (κ1) is 15.0. The van der Waals surface area contributed by atoms with Crippen LogP contribution in [0.3, 0.4) is 0 Å². The molecule has 0 saturated carbocycles. The highest BCUT2D eigenvalue weighted by Gasteiger charge is 2.39. The lowest BCUT2D eigenvalue weighted by Gasteiger charge is -2.37. The van der Waals surface area contributed by atoms with E-state index in [1.807, 2.05) is 24.3 Å². The fourth-order valence-electron chi connectivity index (χ4n) is 3.77. The first-order valence-electron chi connectivity index (χ1n) is 7.74. The van der Waals surface area contributed by atoms with Gasteiger partial charge in [0.1, 0.15) is 5.75 Å². The fraction of sp³-hybridized carbons (Fsp3) is 0.222. The summed E-state index contributed by atoms with van der Waals surface area (Å²) in [6, 6.07) is 10.4. The van der Waals surface area contributed by atoms with E-state index in [1.54, 1.807) is 6.07 Å². The molecule has 0 bridgehead atoms. The molecule has 5 nitrogen and oxygen atoms in total. The highest BCUT2D eigenvalue weighted by atomic mass is 35.5. The van der Waals surface area contributed by atoms with Crippen LogP contribution in [0.2, 0.25) is 5.02 Å². The molecule has 3 unspecified atom stereocenters. The maximum Gasteiger partial charge on any atom is 0.273 e.